The number of ether oxygens (including phenoxy) is 1. The fourth-order valence-electron chi connectivity index (χ4n) is 2.27. The summed E-state index contributed by atoms with van der Waals surface area (Å²) in [5.41, 5.74) is 1.17. The highest BCUT2D eigenvalue weighted by Crippen LogP contribution is 2.16. The van der Waals surface area contributed by atoms with Gasteiger partial charge in [0.25, 0.3) is 0 Å². The second-order valence-electron chi connectivity index (χ2n) is 4.95. The van der Waals surface area contributed by atoms with Crippen molar-refractivity contribution in [3.05, 3.63) is 35.9 Å². The zero-order valence-electron chi connectivity index (χ0n) is 11.3. The molecule has 1 aliphatic heterocycles. The van der Waals surface area contributed by atoms with Crippen molar-refractivity contribution >= 4 is 11.9 Å². The predicted octanol–water partition coefficient (Wildman–Crippen LogP) is 1.18. The van der Waals surface area contributed by atoms with Crippen molar-refractivity contribution < 1.29 is 19.4 Å². The largest absolute Gasteiger partial charge is 0.481 e. The van der Waals surface area contributed by atoms with E-state index in [1.54, 1.807) is 4.90 Å². The van der Waals surface area contributed by atoms with E-state index in [2.05, 4.69) is 0 Å². The minimum Gasteiger partial charge on any atom is -0.481 e. The highest BCUT2D eigenvalue weighted by Gasteiger charge is 2.30. The number of amides is 1. The molecule has 1 N–H and O–H groups in total. The van der Waals surface area contributed by atoms with Crippen LogP contribution in [0.3, 0.4) is 0 Å². The molecule has 5 heteroatoms. The number of carboxylic acid groups (broad SMARTS) is 1. The van der Waals surface area contributed by atoms with Gasteiger partial charge in [-0.25, -0.2) is 0 Å². The van der Waals surface area contributed by atoms with E-state index in [-0.39, 0.29) is 12.5 Å². The SMILES string of the molecule is O=C(O)[C@@H]1CCN(C(=O)COCCc2ccccc2)C1. The molecule has 2 rings (SSSR count). The standard InChI is InChI=1S/C15H19NO4/c17-14(16-8-6-13(10-16)15(18)19)11-20-9-7-12-4-2-1-3-5-12/h1-5,13H,6-11H2,(H,18,19)/t13-/m1/s1. The molecule has 0 aromatic heterocycles. The van der Waals surface area contributed by atoms with Crippen molar-refractivity contribution in [3.63, 3.8) is 0 Å². The summed E-state index contributed by atoms with van der Waals surface area (Å²) in [6.45, 7) is 1.33. The molecule has 0 aliphatic carbocycles. The molecule has 1 fully saturated rings. The van der Waals surface area contributed by atoms with Gasteiger partial charge in [-0.3, -0.25) is 9.59 Å². The van der Waals surface area contributed by atoms with Crippen molar-refractivity contribution in [1.82, 2.24) is 4.90 Å². The molecule has 0 spiro atoms. The number of hydrogen-bond donors (Lipinski definition) is 1. The lowest BCUT2D eigenvalue weighted by molar-refractivity contribution is -0.141. The molecule has 0 radical (unpaired) electrons. The van der Waals surface area contributed by atoms with E-state index in [0.29, 0.717) is 26.1 Å². The van der Waals surface area contributed by atoms with E-state index in [4.69, 9.17) is 9.84 Å². The Labute approximate surface area is 118 Å². The molecule has 1 aromatic carbocycles. The molecular weight excluding hydrogens is 258 g/mol. The summed E-state index contributed by atoms with van der Waals surface area (Å²) >= 11 is 0. The summed E-state index contributed by atoms with van der Waals surface area (Å²) in [6, 6.07) is 9.93. The van der Waals surface area contributed by atoms with E-state index in [1.807, 2.05) is 30.3 Å². The molecule has 1 amide bonds. The Morgan fingerprint density at radius 1 is 1.30 bits per heavy atom. The van der Waals surface area contributed by atoms with Gasteiger partial charge in [-0.2, -0.15) is 0 Å². The van der Waals surface area contributed by atoms with E-state index in [0.717, 1.165) is 6.42 Å². The van der Waals surface area contributed by atoms with Gasteiger partial charge >= 0.3 is 5.97 Å². The third-order valence-corrected chi connectivity index (χ3v) is 3.49. The molecule has 20 heavy (non-hydrogen) atoms. The summed E-state index contributed by atoms with van der Waals surface area (Å²) in [4.78, 5) is 24.2. The molecule has 1 aliphatic rings. The third-order valence-electron chi connectivity index (χ3n) is 3.49. The molecule has 108 valence electrons. The summed E-state index contributed by atoms with van der Waals surface area (Å²) < 4.78 is 5.37. The van der Waals surface area contributed by atoms with Crippen molar-refractivity contribution in [2.75, 3.05) is 26.3 Å². The molecule has 1 heterocycles. The van der Waals surface area contributed by atoms with Gasteiger partial charge in [-0.05, 0) is 18.4 Å². The van der Waals surface area contributed by atoms with Gasteiger partial charge in [-0.1, -0.05) is 30.3 Å². The number of aliphatic carboxylic acids is 1. The molecule has 0 saturated carbocycles. The average Bonchev–Trinajstić information content (AvgIpc) is 2.94. The van der Waals surface area contributed by atoms with E-state index in [1.165, 1.54) is 5.56 Å². The van der Waals surface area contributed by atoms with Gasteiger partial charge in [0, 0.05) is 13.1 Å². The minimum absolute atomic E-state index is 0.0270. The number of carbonyl (C=O) groups is 2. The highest BCUT2D eigenvalue weighted by atomic mass is 16.5. The Morgan fingerprint density at radius 3 is 2.70 bits per heavy atom. The lowest BCUT2D eigenvalue weighted by atomic mass is 10.1. The maximum absolute atomic E-state index is 11.8. The van der Waals surface area contributed by atoms with Crippen LogP contribution in [0.2, 0.25) is 0 Å². The van der Waals surface area contributed by atoms with Crippen LogP contribution in [0, 0.1) is 5.92 Å². The quantitative estimate of drug-likeness (QED) is 0.793. The molecular formula is C15H19NO4. The van der Waals surface area contributed by atoms with Gasteiger partial charge in [0.15, 0.2) is 0 Å². The molecule has 0 unspecified atom stereocenters. The second kappa shape index (κ2) is 7.05. The van der Waals surface area contributed by atoms with Crippen molar-refractivity contribution in [1.29, 1.82) is 0 Å². The predicted molar refractivity (Wildman–Crippen MR) is 73.3 cm³/mol. The first-order chi connectivity index (χ1) is 9.66. The summed E-state index contributed by atoms with van der Waals surface area (Å²) in [5, 5.41) is 8.88. The average molecular weight is 277 g/mol. The zero-order chi connectivity index (χ0) is 14.4. The topological polar surface area (TPSA) is 66.8 Å². The van der Waals surface area contributed by atoms with Crippen LogP contribution in [0.15, 0.2) is 30.3 Å². The zero-order valence-corrected chi connectivity index (χ0v) is 11.3. The van der Waals surface area contributed by atoms with Gasteiger partial charge in [0.1, 0.15) is 6.61 Å². The fourth-order valence-corrected chi connectivity index (χ4v) is 2.27. The van der Waals surface area contributed by atoms with Crippen molar-refractivity contribution in [3.8, 4) is 0 Å². The lowest BCUT2D eigenvalue weighted by Crippen LogP contribution is -2.33. The molecule has 0 bridgehead atoms. The van der Waals surface area contributed by atoms with Crippen LogP contribution in [0.4, 0.5) is 0 Å². The third kappa shape index (κ3) is 4.06. The normalized spacial score (nSPS) is 18.2. The first-order valence-corrected chi connectivity index (χ1v) is 6.79. The summed E-state index contributed by atoms with van der Waals surface area (Å²) in [5.74, 6) is -1.38. The van der Waals surface area contributed by atoms with E-state index in [9.17, 15) is 9.59 Å². The van der Waals surface area contributed by atoms with Crippen molar-refractivity contribution in [2.45, 2.75) is 12.8 Å². The van der Waals surface area contributed by atoms with E-state index < -0.39 is 11.9 Å². The van der Waals surface area contributed by atoms with Crippen LogP contribution in [-0.4, -0.2) is 48.2 Å². The number of likely N-dealkylation sites (tertiary alicyclic amines) is 1. The Morgan fingerprint density at radius 2 is 2.05 bits per heavy atom. The van der Waals surface area contributed by atoms with Gasteiger partial charge < -0.3 is 14.7 Å². The van der Waals surface area contributed by atoms with Gasteiger partial charge in [-0.15, -0.1) is 0 Å². The Hall–Kier alpha value is -1.88. The van der Waals surface area contributed by atoms with Crippen LogP contribution in [0.25, 0.3) is 0 Å². The Bertz CT molecular complexity index is 460. The minimum atomic E-state index is -0.828. The first-order valence-electron chi connectivity index (χ1n) is 6.79. The first kappa shape index (κ1) is 14.5. The van der Waals surface area contributed by atoms with Crippen LogP contribution >= 0.6 is 0 Å². The smallest absolute Gasteiger partial charge is 0.308 e. The van der Waals surface area contributed by atoms with Crippen molar-refractivity contribution in [2.24, 2.45) is 5.92 Å². The number of carboxylic acids is 1. The number of nitrogens with zero attached hydrogens (tertiary/aromatic N) is 1. The Balaban J connectivity index is 1.65. The Kier molecular flexibility index (Phi) is 5.12. The van der Waals surface area contributed by atoms with Crippen LogP contribution in [0.1, 0.15) is 12.0 Å². The van der Waals surface area contributed by atoms with E-state index >= 15 is 0 Å². The molecule has 5 nitrogen and oxygen atoms in total. The fraction of sp³-hybridized carbons (Fsp3) is 0.467. The molecule has 1 saturated heterocycles. The number of benzene rings is 1. The number of rotatable bonds is 6. The molecule has 1 aromatic rings. The van der Waals surface area contributed by atoms with Crippen LogP contribution < -0.4 is 0 Å². The summed E-state index contributed by atoms with van der Waals surface area (Å²) in [7, 11) is 0. The van der Waals surface area contributed by atoms with Gasteiger partial charge in [0.05, 0.1) is 12.5 Å². The monoisotopic (exact) mass is 277 g/mol. The van der Waals surface area contributed by atoms with Crippen LogP contribution in [-0.2, 0) is 20.7 Å². The van der Waals surface area contributed by atoms with Crippen LogP contribution in [0.5, 0.6) is 0 Å². The van der Waals surface area contributed by atoms with Gasteiger partial charge in [0.2, 0.25) is 5.91 Å². The highest BCUT2D eigenvalue weighted by molar-refractivity contribution is 5.79. The number of hydrogen-bond acceptors (Lipinski definition) is 3. The summed E-state index contributed by atoms with van der Waals surface area (Å²) in [6.07, 6.45) is 1.30. The molecule has 1 atom stereocenters. The lowest BCUT2D eigenvalue weighted by Gasteiger charge is -2.15. The maximum Gasteiger partial charge on any atom is 0.308 e. The second-order valence-corrected chi connectivity index (χ2v) is 4.95. The number of carbonyl (C=O) groups excluding carboxylic acids is 1. The maximum atomic E-state index is 11.8.